The topological polar surface area (TPSA) is 55.8 Å². The second-order valence-corrected chi connectivity index (χ2v) is 3.80. The van der Waals surface area contributed by atoms with Gasteiger partial charge in [0.15, 0.2) is 0 Å². The molecule has 1 atom stereocenters. The number of hydrogen-bond acceptors (Lipinski definition) is 3. The molecule has 0 aliphatic rings. The monoisotopic (exact) mass is 278 g/mol. The van der Waals surface area contributed by atoms with Gasteiger partial charge in [-0.3, -0.25) is 4.79 Å². The van der Waals surface area contributed by atoms with Gasteiger partial charge in [-0.15, -0.1) is 0 Å². The van der Waals surface area contributed by atoms with Gasteiger partial charge >= 0.3 is 12.1 Å². The number of carbonyl (C=O) groups is 1. The number of carboxylic acid groups (broad SMARTS) is 1. The van der Waals surface area contributed by atoms with E-state index < -0.39 is 24.5 Å². The van der Waals surface area contributed by atoms with Gasteiger partial charge in [0.1, 0.15) is 11.5 Å². The number of rotatable bonds is 5. The lowest BCUT2D eigenvalue weighted by Crippen LogP contribution is -2.24. The van der Waals surface area contributed by atoms with Gasteiger partial charge in [-0.1, -0.05) is 0 Å². The van der Waals surface area contributed by atoms with E-state index in [1.807, 2.05) is 0 Å². The molecule has 0 bridgehead atoms. The fourth-order valence-electron chi connectivity index (χ4n) is 1.69. The number of carboxylic acids is 1. The molecule has 0 heterocycles. The minimum atomic E-state index is -4.68. The third-order valence-corrected chi connectivity index (χ3v) is 2.59. The highest BCUT2D eigenvalue weighted by molar-refractivity contribution is 5.68. The zero-order chi connectivity index (χ0) is 14.6. The van der Waals surface area contributed by atoms with Crippen LogP contribution in [-0.2, 0) is 4.79 Å². The standard InChI is InChI=1S/C12H13F3O4/c1-18-7-3-4-10(19-2)8(5-7)9(6-11(16)17)12(13,14)15/h3-5,9H,6H2,1-2H3,(H,16,17). The number of methoxy groups -OCH3 is 2. The molecule has 0 radical (unpaired) electrons. The van der Waals surface area contributed by atoms with Crippen molar-refractivity contribution in [2.45, 2.75) is 18.5 Å². The van der Waals surface area contributed by atoms with Crippen LogP contribution in [-0.4, -0.2) is 31.5 Å². The molecule has 1 aromatic carbocycles. The molecule has 0 saturated heterocycles. The molecule has 1 aromatic rings. The molecule has 7 heteroatoms. The first-order valence-corrected chi connectivity index (χ1v) is 5.30. The van der Waals surface area contributed by atoms with Crippen molar-refractivity contribution < 1.29 is 32.5 Å². The molecule has 1 rings (SSSR count). The van der Waals surface area contributed by atoms with Crippen LogP contribution < -0.4 is 9.47 Å². The molecule has 0 aliphatic carbocycles. The maximum atomic E-state index is 13.0. The van der Waals surface area contributed by atoms with E-state index in [1.165, 1.54) is 26.4 Å². The van der Waals surface area contributed by atoms with Crippen LogP contribution in [0.4, 0.5) is 13.2 Å². The Morgan fingerprint density at radius 1 is 1.32 bits per heavy atom. The molecular weight excluding hydrogens is 265 g/mol. The normalized spacial score (nSPS) is 12.9. The molecule has 0 aliphatic heterocycles. The molecule has 1 N–H and O–H groups in total. The Balaban J connectivity index is 3.30. The summed E-state index contributed by atoms with van der Waals surface area (Å²) in [5.74, 6) is -3.50. The predicted octanol–water partition coefficient (Wildman–Crippen LogP) is 2.82. The van der Waals surface area contributed by atoms with Crippen molar-refractivity contribution in [3.63, 3.8) is 0 Å². The van der Waals surface area contributed by atoms with Crippen LogP contribution in [0.25, 0.3) is 0 Å². The van der Waals surface area contributed by atoms with E-state index in [4.69, 9.17) is 14.6 Å². The molecule has 1 unspecified atom stereocenters. The summed E-state index contributed by atoms with van der Waals surface area (Å²) in [5.41, 5.74) is -0.253. The summed E-state index contributed by atoms with van der Waals surface area (Å²) in [7, 11) is 2.53. The summed E-state index contributed by atoms with van der Waals surface area (Å²) >= 11 is 0. The molecule has 0 aromatic heterocycles. The van der Waals surface area contributed by atoms with Gasteiger partial charge in [-0.2, -0.15) is 13.2 Å². The van der Waals surface area contributed by atoms with Crippen LogP contribution in [0.5, 0.6) is 11.5 Å². The van der Waals surface area contributed by atoms with E-state index in [9.17, 15) is 18.0 Å². The SMILES string of the molecule is COc1ccc(OC)c(C(CC(=O)O)C(F)(F)F)c1. The molecule has 106 valence electrons. The molecular formula is C12H13F3O4. The van der Waals surface area contributed by atoms with Crippen LogP contribution in [0.3, 0.4) is 0 Å². The Kier molecular flexibility index (Phi) is 4.63. The van der Waals surface area contributed by atoms with E-state index >= 15 is 0 Å². The van der Waals surface area contributed by atoms with E-state index in [-0.39, 0.29) is 17.1 Å². The Bertz CT molecular complexity index is 457. The zero-order valence-electron chi connectivity index (χ0n) is 10.3. The first-order chi connectivity index (χ1) is 8.79. The average molecular weight is 278 g/mol. The summed E-state index contributed by atoms with van der Waals surface area (Å²) < 4.78 is 48.6. The summed E-state index contributed by atoms with van der Waals surface area (Å²) in [5, 5.41) is 8.63. The highest BCUT2D eigenvalue weighted by Crippen LogP contribution is 2.42. The first-order valence-electron chi connectivity index (χ1n) is 5.30. The van der Waals surface area contributed by atoms with Crippen molar-refractivity contribution in [3.8, 4) is 11.5 Å². The number of aliphatic carboxylic acids is 1. The van der Waals surface area contributed by atoms with Crippen LogP contribution in [0.15, 0.2) is 18.2 Å². The second-order valence-electron chi connectivity index (χ2n) is 3.80. The van der Waals surface area contributed by atoms with Crippen LogP contribution in [0.1, 0.15) is 17.9 Å². The fourth-order valence-corrected chi connectivity index (χ4v) is 1.69. The maximum Gasteiger partial charge on any atom is 0.396 e. The maximum absolute atomic E-state index is 13.0. The van der Waals surface area contributed by atoms with Gasteiger partial charge in [0.05, 0.1) is 26.6 Å². The van der Waals surface area contributed by atoms with Crippen molar-refractivity contribution in [1.29, 1.82) is 0 Å². The number of ether oxygens (including phenoxy) is 2. The number of benzene rings is 1. The number of halogens is 3. The van der Waals surface area contributed by atoms with E-state index in [2.05, 4.69) is 0 Å². The second kappa shape index (κ2) is 5.81. The van der Waals surface area contributed by atoms with E-state index in [0.717, 1.165) is 6.07 Å². The Morgan fingerprint density at radius 2 is 1.95 bits per heavy atom. The van der Waals surface area contributed by atoms with Gasteiger partial charge in [-0.05, 0) is 18.2 Å². The summed E-state index contributed by atoms with van der Waals surface area (Å²) in [6.45, 7) is 0. The zero-order valence-corrected chi connectivity index (χ0v) is 10.3. The lowest BCUT2D eigenvalue weighted by Gasteiger charge is -2.21. The average Bonchev–Trinajstić information content (AvgIpc) is 2.33. The highest BCUT2D eigenvalue weighted by atomic mass is 19.4. The van der Waals surface area contributed by atoms with Crippen LogP contribution in [0.2, 0.25) is 0 Å². The number of hydrogen-bond donors (Lipinski definition) is 1. The Morgan fingerprint density at radius 3 is 2.37 bits per heavy atom. The van der Waals surface area contributed by atoms with Crippen LogP contribution >= 0.6 is 0 Å². The van der Waals surface area contributed by atoms with Gasteiger partial charge in [0.25, 0.3) is 0 Å². The minimum Gasteiger partial charge on any atom is -0.497 e. The summed E-state index contributed by atoms with van der Waals surface area (Å²) in [4.78, 5) is 10.6. The highest BCUT2D eigenvalue weighted by Gasteiger charge is 2.43. The summed E-state index contributed by atoms with van der Waals surface area (Å²) in [6.07, 6.45) is -5.74. The first kappa shape index (κ1) is 15.1. The lowest BCUT2D eigenvalue weighted by atomic mass is 9.94. The fraction of sp³-hybridized carbons (Fsp3) is 0.417. The molecule has 19 heavy (non-hydrogen) atoms. The van der Waals surface area contributed by atoms with Gasteiger partial charge in [0, 0.05) is 5.56 Å². The number of alkyl halides is 3. The van der Waals surface area contributed by atoms with E-state index in [0.29, 0.717) is 0 Å². The van der Waals surface area contributed by atoms with Gasteiger partial charge < -0.3 is 14.6 Å². The molecule has 0 amide bonds. The third kappa shape index (κ3) is 3.77. The third-order valence-electron chi connectivity index (χ3n) is 2.59. The molecule has 0 saturated carbocycles. The molecule has 0 spiro atoms. The molecule has 4 nitrogen and oxygen atoms in total. The van der Waals surface area contributed by atoms with Crippen molar-refractivity contribution in [2.24, 2.45) is 0 Å². The van der Waals surface area contributed by atoms with Gasteiger partial charge in [0.2, 0.25) is 0 Å². The van der Waals surface area contributed by atoms with Crippen molar-refractivity contribution in [1.82, 2.24) is 0 Å². The van der Waals surface area contributed by atoms with Crippen molar-refractivity contribution >= 4 is 5.97 Å². The lowest BCUT2D eigenvalue weighted by molar-refractivity contribution is -0.163. The largest absolute Gasteiger partial charge is 0.497 e. The minimum absolute atomic E-state index is 0.0237. The summed E-state index contributed by atoms with van der Waals surface area (Å²) in [6, 6.07) is 3.89. The predicted molar refractivity (Wildman–Crippen MR) is 60.6 cm³/mol. The van der Waals surface area contributed by atoms with Crippen molar-refractivity contribution in [3.05, 3.63) is 23.8 Å². The smallest absolute Gasteiger partial charge is 0.396 e. The quantitative estimate of drug-likeness (QED) is 0.899. The van der Waals surface area contributed by atoms with E-state index in [1.54, 1.807) is 0 Å². The Hall–Kier alpha value is -1.92. The van der Waals surface area contributed by atoms with Crippen LogP contribution in [0, 0.1) is 0 Å². The van der Waals surface area contributed by atoms with Crippen molar-refractivity contribution in [2.75, 3.05) is 14.2 Å². The van der Waals surface area contributed by atoms with Gasteiger partial charge in [-0.25, -0.2) is 0 Å². The Labute approximate surface area is 107 Å². The molecule has 0 fully saturated rings.